The lowest BCUT2D eigenvalue weighted by molar-refractivity contribution is -0.139. The largest absolute Gasteiger partial charge is 0.480 e. The van der Waals surface area contributed by atoms with E-state index >= 15 is 0 Å². The van der Waals surface area contributed by atoms with Gasteiger partial charge in [0.2, 0.25) is 0 Å². The molecule has 0 bridgehead atoms. The third-order valence-corrected chi connectivity index (χ3v) is 6.01. The van der Waals surface area contributed by atoms with Crippen LogP contribution in [0, 0.1) is 0 Å². The number of amides is 1. The first-order valence-electron chi connectivity index (χ1n) is 10.2. The Bertz CT molecular complexity index is 1100. The predicted octanol–water partition coefficient (Wildman–Crippen LogP) is 5.92. The first-order chi connectivity index (χ1) is 15.4. The van der Waals surface area contributed by atoms with Crippen molar-refractivity contribution in [3.05, 3.63) is 93.5 Å². The number of carbonyl (C=O) groups is 2. The van der Waals surface area contributed by atoms with Gasteiger partial charge in [0, 0.05) is 16.0 Å². The number of hydrogen-bond donors (Lipinski definition) is 2. The second-order valence-corrected chi connectivity index (χ2v) is 8.55. The van der Waals surface area contributed by atoms with Crippen molar-refractivity contribution in [2.45, 2.75) is 24.8 Å². The third-order valence-electron chi connectivity index (χ3n) is 5.58. The molecule has 0 saturated carbocycles. The molecule has 0 aliphatic heterocycles. The number of ether oxygens (including phenoxy) is 1. The van der Waals surface area contributed by atoms with Gasteiger partial charge in [0.1, 0.15) is 12.6 Å². The zero-order chi connectivity index (χ0) is 22.7. The van der Waals surface area contributed by atoms with Crippen molar-refractivity contribution in [3.63, 3.8) is 0 Å². The van der Waals surface area contributed by atoms with E-state index in [0.717, 1.165) is 27.8 Å². The molecule has 164 valence electrons. The van der Waals surface area contributed by atoms with Gasteiger partial charge in [-0.25, -0.2) is 9.59 Å². The van der Waals surface area contributed by atoms with E-state index < -0.39 is 18.1 Å². The number of alkyl carbamates (subject to hydrolysis) is 1. The molecular weight excluding hydrogens is 449 g/mol. The van der Waals surface area contributed by atoms with Crippen LogP contribution in [0.3, 0.4) is 0 Å². The predicted molar refractivity (Wildman–Crippen MR) is 124 cm³/mol. The third kappa shape index (κ3) is 4.90. The maximum atomic E-state index is 12.4. The molecule has 0 saturated heterocycles. The molecular formula is C25H21Cl2NO4. The van der Waals surface area contributed by atoms with Crippen molar-refractivity contribution in [1.82, 2.24) is 5.32 Å². The fourth-order valence-corrected chi connectivity index (χ4v) is 4.68. The van der Waals surface area contributed by atoms with Crippen molar-refractivity contribution in [2.75, 3.05) is 6.61 Å². The van der Waals surface area contributed by atoms with Gasteiger partial charge in [0.25, 0.3) is 0 Å². The Morgan fingerprint density at radius 2 is 1.50 bits per heavy atom. The van der Waals surface area contributed by atoms with E-state index in [2.05, 4.69) is 17.4 Å². The van der Waals surface area contributed by atoms with E-state index in [1.54, 1.807) is 18.2 Å². The Hall–Kier alpha value is -3.02. The lowest BCUT2D eigenvalue weighted by Crippen LogP contribution is -2.41. The van der Waals surface area contributed by atoms with E-state index in [1.807, 2.05) is 36.4 Å². The molecule has 0 heterocycles. The number of aryl methyl sites for hydroxylation is 1. The molecule has 1 amide bonds. The average molecular weight is 470 g/mol. The molecule has 0 aromatic heterocycles. The quantitative estimate of drug-likeness (QED) is 0.450. The van der Waals surface area contributed by atoms with Gasteiger partial charge in [-0.3, -0.25) is 0 Å². The average Bonchev–Trinajstić information content (AvgIpc) is 3.08. The van der Waals surface area contributed by atoms with Crippen LogP contribution in [0.5, 0.6) is 0 Å². The van der Waals surface area contributed by atoms with Gasteiger partial charge in [-0.15, -0.1) is 0 Å². The van der Waals surface area contributed by atoms with Crippen LogP contribution in [-0.4, -0.2) is 29.8 Å². The van der Waals surface area contributed by atoms with Crippen molar-refractivity contribution in [1.29, 1.82) is 0 Å². The maximum absolute atomic E-state index is 12.4. The number of hydrogen-bond acceptors (Lipinski definition) is 3. The summed E-state index contributed by atoms with van der Waals surface area (Å²) in [5.74, 6) is -1.23. The van der Waals surface area contributed by atoms with Crippen LogP contribution in [0.4, 0.5) is 4.79 Å². The number of benzene rings is 3. The standard InChI is InChI=1S/C25H21Cl2NO4/c26-16-11-15(12-17(27)13-16)9-10-23(24(29)30)28-25(31)32-14-22-20-7-3-1-5-18(20)19-6-2-4-8-21(19)22/h1-8,11-13,22-23H,9-10,14H2,(H,28,31)(H,29,30). The second-order valence-electron chi connectivity index (χ2n) is 7.68. The van der Waals surface area contributed by atoms with E-state index in [-0.39, 0.29) is 18.9 Å². The van der Waals surface area contributed by atoms with Crippen LogP contribution in [0.25, 0.3) is 11.1 Å². The summed E-state index contributed by atoms with van der Waals surface area (Å²) in [5.41, 5.74) is 5.23. The summed E-state index contributed by atoms with van der Waals surface area (Å²) in [6.07, 6.45) is -0.194. The number of carboxylic acid groups (broad SMARTS) is 1. The number of halogens is 2. The normalized spacial score (nSPS) is 13.2. The monoisotopic (exact) mass is 469 g/mol. The molecule has 5 nitrogen and oxygen atoms in total. The Kier molecular flexibility index (Phi) is 6.68. The molecule has 0 fully saturated rings. The van der Waals surface area contributed by atoms with Crippen LogP contribution < -0.4 is 5.32 Å². The minimum absolute atomic E-state index is 0.0926. The first-order valence-corrected chi connectivity index (χ1v) is 11.0. The second kappa shape index (κ2) is 9.63. The van der Waals surface area contributed by atoms with Crippen molar-refractivity contribution in [2.24, 2.45) is 0 Å². The zero-order valence-corrected chi connectivity index (χ0v) is 18.6. The van der Waals surface area contributed by atoms with Gasteiger partial charge >= 0.3 is 12.1 Å². The van der Waals surface area contributed by atoms with E-state index in [4.69, 9.17) is 27.9 Å². The molecule has 3 aromatic carbocycles. The van der Waals surface area contributed by atoms with Gasteiger partial charge in [-0.2, -0.15) is 0 Å². The first kappa shape index (κ1) is 22.2. The van der Waals surface area contributed by atoms with Crippen LogP contribution >= 0.6 is 23.2 Å². The van der Waals surface area contributed by atoms with E-state index in [0.29, 0.717) is 16.5 Å². The Morgan fingerprint density at radius 1 is 0.938 bits per heavy atom. The molecule has 1 aliphatic rings. The summed E-state index contributed by atoms with van der Waals surface area (Å²) in [6.45, 7) is 0.121. The van der Waals surface area contributed by atoms with Crippen LogP contribution in [0.2, 0.25) is 10.0 Å². The molecule has 32 heavy (non-hydrogen) atoms. The molecule has 1 unspecified atom stereocenters. The molecule has 3 aromatic rings. The van der Waals surface area contributed by atoms with E-state index in [1.165, 1.54) is 0 Å². The number of fused-ring (bicyclic) bond motifs is 3. The van der Waals surface area contributed by atoms with Crippen molar-refractivity contribution >= 4 is 35.3 Å². The highest BCUT2D eigenvalue weighted by Crippen LogP contribution is 2.44. The molecule has 0 radical (unpaired) electrons. The van der Waals surface area contributed by atoms with Gasteiger partial charge in [0.05, 0.1) is 0 Å². The number of carboxylic acids is 1. The minimum Gasteiger partial charge on any atom is -0.480 e. The van der Waals surface area contributed by atoms with Crippen LogP contribution in [0.15, 0.2) is 66.7 Å². The number of rotatable bonds is 7. The van der Waals surface area contributed by atoms with Gasteiger partial charge in [0.15, 0.2) is 0 Å². The molecule has 2 N–H and O–H groups in total. The summed E-state index contributed by atoms with van der Waals surface area (Å²) in [5, 5.41) is 12.9. The highest BCUT2D eigenvalue weighted by molar-refractivity contribution is 6.34. The zero-order valence-electron chi connectivity index (χ0n) is 17.1. The Labute approximate surface area is 195 Å². The van der Waals surface area contributed by atoms with E-state index in [9.17, 15) is 14.7 Å². The summed E-state index contributed by atoms with van der Waals surface area (Å²) in [4.78, 5) is 24.1. The van der Waals surface area contributed by atoms with Gasteiger partial charge in [-0.05, 0) is 58.9 Å². The lowest BCUT2D eigenvalue weighted by Gasteiger charge is -2.17. The molecule has 1 aliphatic carbocycles. The highest BCUT2D eigenvalue weighted by atomic mass is 35.5. The van der Waals surface area contributed by atoms with Crippen molar-refractivity contribution in [3.8, 4) is 11.1 Å². The molecule has 4 rings (SSSR count). The summed E-state index contributed by atoms with van der Waals surface area (Å²) in [6, 6.07) is 20.0. The van der Waals surface area contributed by atoms with Gasteiger partial charge < -0.3 is 15.2 Å². The van der Waals surface area contributed by atoms with Crippen LogP contribution in [-0.2, 0) is 16.0 Å². The highest BCUT2D eigenvalue weighted by Gasteiger charge is 2.29. The number of aliphatic carboxylic acids is 1. The van der Waals surface area contributed by atoms with Crippen LogP contribution in [0.1, 0.15) is 29.0 Å². The lowest BCUT2D eigenvalue weighted by atomic mass is 9.98. The number of nitrogens with one attached hydrogen (secondary N) is 1. The fourth-order valence-electron chi connectivity index (χ4n) is 4.11. The summed E-state index contributed by atoms with van der Waals surface area (Å²) < 4.78 is 5.45. The SMILES string of the molecule is O=C(NC(CCc1cc(Cl)cc(Cl)c1)C(=O)O)OCC1c2ccccc2-c2ccccc21. The smallest absolute Gasteiger partial charge is 0.407 e. The molecule has 0 spiro atoms. The van der Waals surface area contributed by atoms with Crippen molar-refractivity contribution < 1.29 is 19.4 Å². The van der Waals surface area contributed by atoms with Gasteiger partial charge in [-0.1, -0.05) is 71.7 Å². The Morgan fingerprint density at radius 3 is 2.06 bits per heavy atom. The number of carbonyl (C=O) groups excluding carboxylic acids is 1. The molecule has 1 atom stereocenters. The topological polar surface area (TPSA) is 75.6 Å². The minimum atomic E-state index is -1.13. The summed E-state index contributed by atoms with van der Waals surface area (Å²) in [7, 11) is 0. The molecule has 7 heteroatoms. The summed E-state index contributed by atoms with van der Waals surface area (Å²) >= 11 is 12.0. The maximum Gasteiger partial charge on any atom is 0.407 e. The Balaban J connectivity index is 1.38. The fraction of sp³-hybridized carbons (Fsp3) is 0.200.